The van der Waals surface area contributed by atoms with Crippen molar-refractivity contribution in [2.45, 2.75) is 23.8 Å². The molecular formula is C23H21N3O4S. The zero-order chi connectivity index (χ0) is 21.8. The van der Waals surface area contributed by atoms with Gasteiger partial charge >= 0.3 is 0 Å². The Labute approximate surface area is 180 Å². The van der Waals surface area contributed by atoms with Gasteiger partial charge in [-0.1, -0.05) is 30.3 Å². The summed E-state index contributed by atoms with van der Waals surface area (Å²) in [5.41, 5.74) is 1.50. The third kappa shape index (κ3) is 5.10. The van der Waals surface area contributed by atoms with Crippen molar-refractivity contribution < 1.29 is 18.0 Å². The van der Waals surface area contributed by atoms with E-state index >= 15 is 0 Å². The van der Waals surface area contributed by atoms with Gasteiger partial charge in [0.15, 0.2) is 0 Å². The van der Waals surface area contributed by atoms with Gasteiger partial charge in [-0.3, -0.25) is 14.3 Å². The van der Waals surface area contributed by atoms with Gasteiger partial charge in [-0.05, 0) is 61.4 Å². The molecular weight excluding hydrogens is 414 g/mol. The topological polar surface area (TPSA) is 104 Å². The number of carbonyl (C=O) groups excluding carboxylic acids is 2. The highest BCUT2D eigenvalue weighted by Gasteiger charge is 2.25. The van der Waals surface area contributed by atoms with Crippen LogP contribution in [-0.4, -0.2) is 26.3 Å². The van der Waals surface area contributed by atoms with Crippen molar-refractivity contribution in [3.05, 3.63) is 90.0 Å². The first-order chi connectivity index (χ1) is 14.9. The molecule has 3 aromatic carbocycles. The third-order valence-corrected chi connectivity index (χ3v) is 6.18. The Morgan fingerprint density at radius 1 is 0.774 bits per heavy atom. The molecule has 0 aromatic heterocycles. The third-order valence-electron chi connectivity index (χ3n) is 4.79. The number of sulfonamides is 1. The molecule has 3 aromatic rings. The maximum Gasteiger partial charge on any atom is 0.261 e. The lowest BCUT2D eigenvalue weighted by Gasteiger charge is -2.12. The van der Waals surface area contributed by atoms with Crippen LogP contribution in [0.5, 0.6) is 0 Å². The number of nitrogens with one attached hydrogen (secondary N) is 3. The van der Waals surface area contributed by atoms with Crippen molar-refractivity contribution in [1.82, 2.24) is 5.32 Å². The Balaban J connectivity index is 1.47. The Bertz CT molecular complexity index is 1210. The molecule has 0 atom stereocenters. The molecule has 2 amide bonds. The van der Waals surface area contributed by atoms with Crippen LogP contribution < -0.4 is 15.4 Å². The van der Waals surface area contributed by atoms with Gasteiger partial charge in [0.2, 0.25) is 0 Å². The first kappa shape index (κ1) is 20.6. The summed E-state index contributed by atoms with van der Waals surface area (Å²) in [6, 6.07) is 21.1. The number of carbonyl (C=O) groups is 2. The maximum atomic E-state index is 12.7. The van der Waals surface area contributed by atoms with E-state index in [-0.39, 0.29) is 22.4 Å². The molecule has 0 bridgehead atoms. The highest BCUT2D eigenvalue weighted by atomic mass is 32.2. The Hall–Kier alpha value is -3.65. The van der Waals surface area contributed by atoms with Gasteiger partial charge in [0.1, 0.15) is 0 Å². The van der Waals surface area contributed by atoms with Crippen LogP contribution in [0, 0.1) is 0 Å². The fraction of sp³-hybridized carbons (Fsp3) is 0.130. The quantitative estimate of drug-likeness (QED) is 0.527. The number of anilines is 2. The van der Waals surface area contributed by atoms with E-state index in [0.29, 0.717) is 16.9 Å². The van der Waals surface area contributed by atoms with Crippen LogP contribution in [0.3, 0.4) is 0 Å². The van der Waals surface area contributed by atoms with Gasteiger partial charge in [0.05, 0.1) is 16.1 Å². The van der Waals surface area contributed by atoms with Crippen molar-refractivity contribution >= 4 is 33.2 Å². The molecule has 0 aliphatic heterocycles. The lowest BCUT2D eigenvalue weighted by molar-refractivity contribution is 0.0952. The van der Waals surface area contributed by atoms with Gasteiger partial charge in [-0.2, -0.15) is 0 Å². The SMILES string of the molecule is O=C(Nc1ccccc1C(=O)NC1CC1)c1ccc(S(=O)(=O)Nc2ccccc2)cc1. The number of hydrogen-bond donors (Lipinski definition) is 3. The van der Waals surface area contributed by atoms with Crippen molar-refractivity contribution in [2.24, 2.45) is 0 Å². The van der Waals surface area contributed by atoms with Crippen LogP contribution >= 0.6 is 0 Å². The largest absolute Gasteiger partial charge is 0.349 e. The van der Waals surface area contributed by atoms with E-state index in [0.717, 1.165) is 12.8 Å². The normalized spacial score (nSPS) is 13.3. The average molecular weight is 436 g/mol. The fourth-order valence-corrected chi connectivity index (χ4v) is 4.04. The summed E-state index contributed by atoms with van der Waals surface area (Å²) < 4.78 is 27.6. The summed E-state index contributed by atoms with van der Waals surface area (Å²) in [6.45, 7) is 0. The Morgan fingerprint density at radius 2 is 1.42 bits per heavy atom. The second-order valence-electron chi connectivity index (χ2n) is 7.24. The minimum Gasteiger partial charge on any atom is -0.349 e. The zero-order valence-corrected chi connectivity index (χ0v) is 17.4. The smallest absolute Gasteiger partial charge is 0.261 e. The molecule has 0 unspecified atom stereocenters. The molecule has 1 saturated carbocycles. The average Bonchev–Trinajstić information content (AvgIpc) is 3.58. The predicted molar refractivity (Wildman–Crippen MR) is 119 cm³/mol. The lowest BCUT2D eigenvalue weighted by atomic mass is 10.1. The van der Waals surface area contributed by atoms with Gasteiger partial charge < -0.3 is 10.6 Å². The molecule has 0 spiro atoms. The molecule has 158 valence electrons. The Morgan fingerprint density at radius 3 is 2.10 bits per heavy atom. The predicted octanol–water partition coefficient (Wildman–Crippen LogP) is 3.63. The van der Waals surface area contributed by atoms with E-state index in [1.807, 2.05) is 0 Å². The van der Waals surface area contributed by atoms with E-state index in [1.165, 1.54) is 24.3 Å². The molecule has 7 nitrogen and oxygen atoms in total. The summed E-state index contributed by atoms with van der Waals surface area (Å²) in [4.78, 5) is 25.1. The van der Waals surface area contributed by atoms with Crippen LogP contribution in [0.1, 0.15) is 33.6 Å². The van der Waals surface area contributed by atoms with Crippen LogP contribution in [0.25, 0.3) is 0 Å². The molecule has 31 heavy (non-hydrogen) atoms. The number of rotatable bonds is 7. The Kier molecular flexibility index (Phi) is 5.73. The van der Waals surface area contributed by atoms with Gasteiger partial charge in [0, 0.05) is 17.3 Å². The summed E-state index contributed by atoms with van der Waals surface area (Å²) in [7, 11) is -3.77. The summed E-state index contributed by atoms with van der Waals surface area (Å²) >= 11 is 0. The standard InChI is InChI=1S/C23H21N3O4S/c27-22(25-21-9-5-4-8-20(21)23(28)24-17-12-13-17)16-10-14-19(15-11-16)31(29,30)26-18-6-2-1-3-7-18/h1-11,14-15,17,26H,12-13H2,(H,24,28)(H,25,27). The van der Waals surface area contributed by atoms with Crippen LogP contribution in [-0.2, 0) is 10.0 Å². The highest BCUT2D eigenvalue weighted by Crippen LogP contribution is 2.22. The molecule has 4 rings (SSSR count). The molecule has 1 aliphatic carbocycles. The second kappa shape index (κ2) is 8.61. The summed E-state index contributed by atoms with van der Waals surface area (Å²) in [5.74, 6) is -0.668. The number of para-hydroxylation sites is 2. The van der Waals surface area contributed by atoms with Gasteiger partial charge in [-0.25, -0.2) is 8.42 Å². The van der Waals surface area contributed by atoms with Crippen LogP contribution in [0.2, 0.25) is 0 Å². The summed E-state index contributed by atoms with van der Waals surface area (Å²) in [6.07, 6.45) is 1.93. The van der Waals surface area contributed by atoms with E-state index in [2.05, 4.69) is 15.4 Å². The first-order valence-corrected chi connectivity index (χ1v) is 11.3. The minimum atomic E-state index is -3.77. The maximum absolute atomic E-state index is 12.7. The van der Waals surface area contributed by atoms with E-state index in [4.69, 9.17) is 0 Å². The fourth-order valence-electron chi connectivity index (χ4n) is 2.98. The molecule has 1 fully saturated rings. The molecule has 1 aliphatic rings. The number of benzene rings is 3. The summed E-state index contributed by atoms with van der Waals surface area (Å²) in [5, 5.41) is 5.64. The van der Waals surface area contributed by atoms with Crippen molar-refractivity contribution in [3.8, 4) is 0 Å². The van der Waals surface area contributed by atoms with Crippen molar-refractivity contribution in [3.63, 3.8) is 0 Å². The first-order valence-electron chi connectivity index (χ1n) is 9.81. The molecule has 0 radical (unpaired) electrons. The number of hydrogen-bond acceptors (Lipinski definition) is 4. The van der Waals surface area contributed by atoms with Crippen LogP contribution in [0.15, 0.2) is 83.8 Å². The van der Waals surface area contributed by atoms with E-state index < -0.39 is 15.9 Å². The van der Waals surface area contributed by atoms with Gasteiger partial charge in [0.25, 0.3) is 21.8 Å². The van der Waals surface area contributed by atoms with E-state index in [9.17, 15) is 18.0 Å². The van der Waals surface area contributed by atoms with Crippen LogP contribution in [0.4, 0.5) is 11.4 Å². The van der Waals surface area contributed by atoms with E-state index in [1.54, 1.807) is 54.6 Å². The molecule has 0 heterocycles. The van der Waals surface area contributed by atoms with Gasteiger partial charge in [-0.15, -0.1) is 0 Å². The molecule has 8 heteroatoms. The zero-order valence-electron chi connectivity index (χ0n) is 16.5. The monoisotopic (exact) mass is 435 g/mol. The van der Waals surface area contributed by atoms with Crippen molar-refractivity contribution in [2.75, 3.05) is 10.0 Å². The molecule has 3 N–H and O–H groups in total. The molecule has 0 saturated heterocycles. The van der Waals surface area contributed by atoms with Crippen molar-refractivity contribution in [1.29, 1.82) is 0 Å². The number of amides is 2. The minimum absolute atomic E-state index is 0.0390. The second-order valence-corrected chi connectivity index (χ2v) is 8.93. The highest BCUT2D eigenvalue weighted by molar-refractivity contribution is 7.92. The lowest BCUT2D eigenvalue weighted by Crippen LogP contribution is -2.27.